The minimum absolute atomic E-state index is 0.244. The monoisotopic (exact) mass is 322 g/mol. The highest BCUT2D eigenvalue weighted by Crippen LogP contribution is 2.51. The summed E-state index contributed by atoms with van der Waals surface area (Å²) >= 11 is 0. The van der Waals surface area contributed by atoms with Crippen LogP contribution in [0.25, 0.3) is 0 Å². The van der Waals surface area contributed by atoms with Gasteiger partial charge in [0.1, 0.15) is 5.75 Å². The second-order valence-corrected chi connectivity index (χ2v) is 4.52. The van der Waals surface area contributed by atoms with Crippen LogP contribution >= 0.6 is 0 Å². The van der Waals surface area contributed by atoms with E-state index < -0.39 is 28.8 Å². The van der Waals surface area contributed by atoms with Crippen LogP contribution in [-0.2, 0) is 5.60 Å². The quantitative estimate of drug-likeness (QED) is 0.873. The van der Waals surface area contributed by atoms with Gasteiger partial charge in [0.15, 0.2) is 5.60 Å². The maximum absolute atomic E-state index is 14.0. The molecule has 0 saturated heterocycles. The Morgan fingerprint density at radius 2 is 1.55 bits per heavy atom. The molecule has 1 unspecified atom stereocenters. The van der Waals surface area contributed by atoms with Crippen molar-refractivity contribution in [3.05, 3.63) is 54.0 Å². The van der Waals surface area contributed by atoms with Gasteiger partial charge in [0.2, 0.25) is 0 Å². The van der Waals surface area contributed by atoms with Gasteiger partial charge >= 0.3 is 12.1 Å². The van der Waals surface area contributed by atoms with Crippen molar-refractivity contribution in [2.75, 3.05) is 7.11 Å². The molecule has 0 spiro atoms. The third-order valence-corrected chi connectivity index (χ3v) is 3.26. The average molecular weight is 322 g/mol. The highest BCUT2D eigenvalue weighted by atomic mass is 19.4. The molecule has 3 nitrogen and oxygen atoms in total. The molecule has 0 saturated carbocycles. The Hall–Kier alpha value is -2.09. The van der Waals surface area contributed by atoms with Gasteiger partial charge in [0, 0.05) is 5.56 Å². The largest absolute Gasteiger partial charge is 0.497 e. The Morgan fingerprint density at radius 3 is 1.95 bits per heavy atom. The summed E-state index contributed by atoms with van der Waals surface area (Å²) in [6.07, 6.45) is -4.42. The van der Waals surface area contributed by atoms with E-state index in [-0.39, 0.29) is 5.75 Å². The van der Waals surface area contributed by atoms with Crippen LogP contribution in [-0.4, -0.2) is 24.3 Å². The van der Waals surface area contributed by atoms with E-state index in [2.05, 4.69) is 4.42 Å². The van der Waals surface area contributed by atoms with Gasteiger partial charge in [0.25, 0.3) is 0 Å². The summed E-state index contributed by atoms with van der Waals surface area (Å²) in [6, 6.07) is 5.07. The molecule has 1 heterocycles. The van der Waals surface area contributed by atoms with E-state index in [9.17, 15) is 27.1 Å². The van der Waals surface area contributed by atoms with Crippen molar-refractivity contribution in [2.45, 2.75) is 17.7 Å². The molecule has 22 heavy (non-hydrogen) atoms. The van der Waals surface area contributed by atoms with Crippen LogP contribution in [0.15, 0.2) is 47.3 Å². The van der Waals surface area contributed by atoms with E-state index in [0.717, 1.165) is 24.5 Å². The summed E-state index contributed by atoms with van der Waals surface area (Å²) in [5, 5.41) is 10.3. The molecule has 0 radical (unpaired) electrons. The van der Waals surface area contributed by atoms with E-state index in [1.54, 1.807) is 0 Å². The third kappa shape index (κ3) is 2.33. The summed E-state index contributed by atoms with van der Waals surface area (Å²) in [4.78, 5) is 0. The molecule has 0 bridgehead atoms. The minimum Gasteiger partial charge on any atom is -0.497 e. The Kier molecular flexibility index (Phi) is 3.90. The van der Waals surface area contributed by atoms with Crippen LogP contribution in [0.2, 0.25) is 0 Å². The fraction of sp³-hybridized carbons (Fsp3) is 0.286. The molecule has 2 aromatic rings. The highest BCUT2D eigenvalue weighted by molar-refractivity contribution is 5.40. The standard InChI is InChI=1S/C14H11F5O3/c1-21-11-4-2-9(3-5-11)12(20,10-6-7-22-8-10)13(15,16)14(17,18)19/h2-8,20H,1H3. The maximum atomic E-state index is 14.0. The Bertz CT molecular complexity index is 619. The van der Waals surface area contributed by atoms with E-state index in [4.69, 9.17) is 4.74 Å². The number of alkyl halides is 5. The molecule has 1 aromatic heterocycles. The first-order valence-corrected chi connectivity index (χ1v) is 5.98. The van der Waals surface area contributed by atoms with Gasteiger partial charge < -0.3 is 14.3 Å². The van der Waals surface area contributed by atoms with Gasteiger partial charge in [-0.1, -0.05) is 12.1 Å². The van der Waals surface area contributed by atoms with Crippen molar-refractivity contribution in [3.8, 4) is 5.75 Å². The first kappa shape index (κ1) is 16.3. The SMILES string of the molecule is COc1ccc(C(O)(c2ccoc2)C(F)(F)C(F)(F)F)cc1. The van der Waals surface area contributed by atoms with E-state index >= 15 is 0 Å². The van der Waals surface area contributed by atoms with Crippen LogP contribution in [0.4, 0.5) is 22.0 Å². The Balaban J connectivity index is 2.66. The zero-order valence-electron chi connectivity index (χ0n) is 11.2. The highest BCUT2D eigenvalue weighted by Gasteiger charge is 2.71. The van der Waals surface area contributed by atoms with E-state index in [1.807, 2.05) is 0 Å². The van der Waals surface area contributed by atoms with Crippen LogP contribution in [0, 0.1) is 0 Å². The fourth-order valence-electron chi connectivity index (χ4n) is 2.04. The maximum Gasteiger partial charge on any atom is 0.457 e. The van der Waals surface area contributed by atoms with Crippen molar-refractivity contribution in [2.24, 2.45) is 0 Å². The van der Waals surface area contributed by atoms with E-state index in [1.165, 1.54) is 19.2 Å². The number of hydrogen-bond acceptors (Lipinski definition) is 3. The van der Waals surface area contributed by atoms with Crippen molar-refractivity contribution >= 4 is 0 Å². The number of aliphatic hydroxyl groups is 1. The molecule has 1 aromatic carbocycles. The first-order chi connectivity index (χ1) is 10.1. The number of hydrogen-bond donors (Lipinski definition) is 1. The number of furan rings is 1. The Morgan fingerprint density at radius 1 is 0.955 bits per heavy atom. The summed E-state index contributed by atoms with van der Waals surface area (Å²) < 4.78 is 75.6. The van der Waals surface area contributed by atoms with Gasteiger partial charge in [-0.25, -0.2) is 0 Å². The molecule has 0 fully saturated rings. The van der Waals surface area contributed by atoms with Gasteiger partial charge in [-0.3, -0.25) is 0 Å². The normalized spacial score (nSPS) is 15.4. The summed E-state index contributed by atoms with van der Waals surface area (Å²) in [5.74, 6) is -5.19. The zero-order chi connectivity index (χ0) is 16.6. The number of rotatable bonds is 4. The van der Waals surface area contributed by atoms with Crippen molar-refractivity contribution in [3.63, 3.8) is 0 Å². The topological polar surface area (TPSA) is 42.6 Å². The van der Waals surface area contributed by atoms with Crippen LogP contribution in [0.3, 0.4) is 0 Å². The minimum atomic E-state index is -5.96. The molecule has 1 N–H and O–H groups in total. The van der Waals surface area contributed by atoms with Crippen LogP contribution < -0.4 is 4.74 Å². The van der Waals surface area contributed by atoms with Gasteiger partial charge in [-0.05, 0) is 23.8 Å². The molecular formula is C14H11F5O3. The molecule has 0 amide bonds. The molecule has 0 aliphatic carbocycles. The molecule has 8 heteroatoms. The van der Waals surface area contributed by atoms with Gasteiger partial charge in [-0.15, -0.1) is 0 Å². The number of methoxy groups -OCH3 is 1. The van der Waals surface area contributed by atoms with Crippen LogP contribution in [0.5, 0.6) is 5.75 Å². The molecular weight excluding hydrogens is 311 g/mol. The molecule has 2 rings (SSSR count). The zero-order valence-corrected chi connectivity index (χ0v) is 11.2. The average Bonchev–Trinajstić information content (AvgIpc) is 2.99. The number of benzene rings is 1. The van der Waals surface area contributed by atoms with Gasteiger partial charge in [-0.2, -0.15) is 22.0 Å². The Labute approximate surface area is 121 Å². The lowest BCUT2D eigenvalue weighted by molar-refractivity contribution is -0.336. The van der Waals surface area contributed by atoms with Crippen LogP contribution in [0.1, 0.15) is 11.1 Å². The third-order valence-electron chi connectivity index (χ3n) is 3.26. The predicted octanol–water partition coefficient (Wildman–Crippen LogP) is 3.72. The second-order valence-electron chi connectivity index (χ2n) is 4.52. The first-order valence-electron chi connectivity index (χ1n) is 5.98. The molecule has 0 aliphatic rings. The molecule has 1 atom stereocenters. The number of ether oxygens (including phenoxy) is 1. The number of halogens is 5. The van der Waals surface area contributed by atoms with Crippen molar-refractivity contribution in [1.29, 1.82) is 0 Å². The molecule has 120 valence electrons. The van der Waals surface area contributed by atoms with Crippen molar-refractivity contribution in [1.82, 2.24) is 0 Å². The second kappa shape index (κ2) is 5.28. The lowest BCUT2D eigenvalue weighted by Crippen LogP contribution is -2.55. The summed E-state index contributed by atoms with van der Waals surface area (Å²) in [5.41, 5.74) is -4.97. The van der Waals surface area contributed by atoms with Crippen molar-refractivity contribution < 1.29 is 36.2 Å². The lowest BCUT2D eigenvalue weighted by atomic mass is 9.81. The smallest absolute Gasteiger partial charge is 0.457 e. The lowest BCUT2D eigenvalue weighted by Gasteiger charge is -2.36. The van der Waals surface area contributed by atoms with E-state index in [0.29, 0.717) is 6.26 Å². The van der Waals surface area contributed by atoms with Gasteiger partial charge in [0.05, 0.1) is 19.6 Å². The molecule has 0 aliphatic heterocycles. The predicted molar refractivity (Wildman–Crippen MR) is 65.7 cm³/mol. The fourth-order valence-corrected chi connectivity index (χ4v) is 2.04. The summed E-state index contributed by atoms with van der Waals surface area (Å²) in [6.45, 7) is 0. The summed E-state index contributed by atoms with van der Waals surface area (Å²) in [7, 11) is 1.31.